The van der Waals surface area contributed by atoms with Crippen molar-refractivity contribution < 1.29 is 9.90 Å². The molecule has 1 aliphatic heterocycles. The highest BCUT2D eigenvalue weighted by Gasteiger charge is 2.38. The number of rotatable bonds is 4. The van der Waals surface area contributed by atoms with Crippen molar-refractivity contribution in [3.8, 4) is 0 Å². The lowest BCUT2D eigenvalue weighted by molar-refractivity contribution is -0.142. The topological polar surface area (TPSA) is 53.4 Å². The third-order valence-corrected chi connectivity index (χ3v) is 5.89. The van der Waals surface area contributed by atoms with E-state index in [1.165, 1.54) is 10.1 Å². The Labute approximate surface area is 150 Å². The van der Waals surface area contributed by atoms with Gasteiger partial charge in [0, 0.05) is 16.9 Å². The van der Waals surface area contributed by atoms with Crippen LogP contribution in [0.25, 0.3) is 10.1 Å². The predicted octanol–water partition coefficient (Wildman–Crippen LogP) is 4.24. The van der Waals surface area contributed by atoms with E-state index in [2.05, 4.69) is 22.4 Å². The number of nitrogens with zero attached hydrogens (tertiary/aromatic N) is 2. The van der Waals surface area contributed by atoms with Gasteiger partial charge in [0.2, 0.25) is 0 Å². The fraction of sp³-hybridized carbons (Fsp3) is 0.300. The number of carbonyl (C=O) groups is 1. The summed E-state index contributed by atoms with van der Waals surface area (Å²) in [6, 6.07) is 13.7. The van der Waals surface area contributed by atoms with Crippen molar-refractivity contribution in [2.24, 2.45) is 0 Å². The molecule has 0 saturated carbocycles. The van der Waals surface area contributed by atoms with Crippen molar-refractivity contribution in [3.63, 3.8) is 0 Å². The Balaban J connectivity index is 1.88. The highest BCUT2D eigenvalue weighted by atomic mass is 32.1. The van der Waals surface area contributed by atoms with Gasteiger partial charge >= 0.3 is 5.97 Å². The zero-order chi connectivity index (χ0) is 17.4. The zero-order valence-electron chi connectivity index (χ0n) is 14.1. The first-order valence-electron chi connectivity index (χ1n) is 8.53. The van der Waals surface area contributed by atoms with Crippen LogP contribution in [0.4, 0.5) is 0 Å². The number of fused-ring (bicyclic) bond motifs is 1. The molecule has 2 atom stereocenters. The summed E-state index contributed by atoms with van der Waals surface area (Å²) in [7, 11) is 0. The van der Waals surface area contributed by atoms with Crippen LogP contribution in [0.5, 0.6) is 0 Å². The molecular weight excluding hydrogens is 332 g/mol. The van der Waals surface area contributed by atoms with Gasteiger partial charge in [-0.1, -0.05) is 24.3 Å². The molecule has 0 aliphatic carbocycles. The molecule has 1 aromatic carbocycles. The van der Waals surface area contributed by atoms with Gasteiger partial charge in [0.15, 0.2) is 0 Å². The van der Waals surface area contributed by atoms with E-state index < -0.39 is 12.0 Å². The average molecular weight is 352 g/mol. The molecule has 2 unspecified atom stereocenters. The second kappa shape index (κ2) is 6.58. The molecule has 1 aliphatic rings. The van der Waals surface area contributed by atoms with Gasteiger partial charge in [-0.25, -0.2) is 0 Å². The summed E-state index contributed by atoms with van der Waals surface area (Å²) in [6.45, 7) is 2.76. The molecule has 0 amide bonds. The summed E-state index contributed by atoms with van der Waals surface area (Å²) in [5.41, 5.74) is 3.04. The Kier molecular flexibility index (Phi) is 4.27. The van der Waals surface area contributed by atoms with E-state index in [1.54, 1.807) is 11.3 Å². The van der Waals surface area contributed by atoms with Gasteiger partial charge in [0.25, 0.3) is 0 Å². The minimum Gasteiger partial charge on any atom is -0.480 e. The number of thiophene rings is 1. The number of likely N-dealkylation sites (tertiary alicyclic amines) is 1. The maximum atomic E-state index is 11.8. The number of aromatic nitrogens is 1. The van der Waals surface area contributed by atoms with Gasteiger partial charge < -0.3 is 5.11 Å². The van der Waals surface area contributed by atoms with Gasteiger partial charge in [-0.2, -0.15) is 0 Å². The van der Waals surface area contributed by atoms with Crippen LogP contribution in [0.1, 0.15) is 35.8 Å². The van der Waals surface area contributed by atoms with E-state index >= 15 is 0 Å². The minimum atomic E-state index is -0.741. The predicted molar refractivity (Wildman–Crippen MR) is 100 cm³/mol. The van der Waals surface area contributed by atoms with Crippen molar-refractivity contribution >= 4 is 27.4 Å². The van der Waals surface area contributed by atoms with Crippen molar-refractivity contribution in [1.82, 2.24) is 9.88 Å². The van der Waals surface area contributed by atoms with E-state index in [-0.39, 0.29) is 6.04 Å². The molecule has 4 nitrogen and oxygen atoms in total. The number of hydrogen-bond acceptors (Lipinski definition) is 4. The second-order valence-electron chi connectivity index (χ2n) is 6.53. The molecule has 3 aromatic rings. The molecule has 0 bridgehead atoms. The Bertz CT molecular complexity index is 921. The second-order valence-corrected chi connectivity index (χ2v) is 7.44. The number of aryl methyl sites for hydroxylation is 1. The smallest absolute Gasteiger partial charge is 0.320 e. The highest BCUT2D eigenvalue weighted by molar-refractivity contribution is 7.17. The van der Waals surface area contributed by atoms with Gasteiger partial charge in [-0.3, -0.25) is 14.7 Å². The number of aliphatic carboxylic acids is 1. The summed E-state index contributed by atoms with van der Waals surface area (Å²) in [5.74, 6) is -0.741. The Hall–Kier alpha value is -2.24. The average Bonchev–Trinajstić information content (AvgIpc) is 3.23. The number of pyridine rings is 1. The first-order valence-corrected chi connectivity index (χ1v) is 9.41. The maximum absolute atomic E-state index is 11.8. The lowest BCUT2D eigenvalue weighted by Crippen LogP contribution is -2.39. The lowest BCUT2D eigenvalue weighted by Gasteiger charge is -2.31. The van der Waals surface area contributed by atoms with Gasteiger partial charge in [-0.05, 0) is 54.3 Å². The summed E-state index contributed by atoms with van der Waals surface area (Å²) < 4.78 is 1.22. The molecule has 1 saturated heterocycles. The Morgan fingerprint density at radius 2 is 2.12 bits per heavy atom. The molecule has 0 radical (unpaired) electrons. The van der Waals surface area contributed by atoms with E-state index in [0.29, 0.717) is 6.42 Å². The fourth-order valence-corrected chi connectivity index (χ4v) is 4.78. The number of hydrogen-bond donors (Lipinski definition) is 1. The van der Waals surface area contributed by atoms with E-state index in [4.69, 9.17) is 4.98 Å². The first-order chi connectivity index (χ1) is 12.1. The summed E-state index contributed by atoms with van der Waals surface area (Å²) >= 11 is 1.71. The maximum Gasteiger partial charge on any atom is 0.320 e. The van der Waals surface area contributed by atoms with Crippen molar-refractivity contribution in [3.05, 3.63) is 64.8 Å². The van der Waals surface area contributed by atoms with Crippen molar-refractivity contribution in [1.29, 1.82) is 0 Å². The van der Waals surface area contributed by atoms with Crippen LogP contribution in [-0.4, -0.2) is 33.5 Å². The normalized spacial score (nSPS) is 19.3. The molecule has 1 N–H and O–H groups in total. The molecule has 4 rings (SSSR count). The molecule has 128 valence electrons. The summed E-state index contributed by atoms with van der Waals surface area (Å²) in [5, 5.41) is 13.0. The van der Waals surface area contributed by atoms with Crippen LogP contribution in [-0.2, 0) is 4.79 Å². The quantitative estimate of drug-likeness (QED) is 0.763. The van der Waals surface area contributed by atoms with Gasteiger partial charge in [-0.15, -0.1) is 11.3 Å². The Morgan fingerprint density at radius 1 is 1.28 bits per heavy atom. The van der Waals surface area contributed by atoms with Gasteiger partial charge in [0.1, 0.15) is 6.04 Å². The molecule has 0 spiro atoms. The third kappa shape index (κ3) is 2.94. The van der Waals surface area contributed by atoms with Crippen LogP contribution < -0.4 is 0 Å². The summed E-state index contributed by atoms with van der Waals surface area (Å²) in [4.78, 5) is 18.6. The van der Waals surface area contributed by atoms with Crippen LogP contribution in [0.3, 0.4) is 0 Å². The van der Waals surface area contributed by atoms with Gasteiger partial charge in [0.05, 0.1) is 11.7 Å². The van der Waals surface area contributed by atoms with E-state index in [0.717, 1.165) is 29.9 Å². The summed E-state index contributed by atoms with van der Waals surface area (Å²) in [6.07, 6.45) is 1.60. The Morgan fingerprint density at radius 3 is 2.92 bits per heavy atom. The third-order valence-electron chi connectivity index (χ3n) is 4.91. The fourth-order valence-electron chi connectivity index (χ4n) is 3.80. The van der Waals surface area contributed by atoms with Crippen LogP contribution >= 0.6 is 11.3 Å². The van der Waals surface area contributed by atoms with Crippen LogP contribution in [0, 0.1) is 6.92 Å². The molecule has 2 aromatic heterocycles. The molecule has 25 heavy (non-hydrogen) atoms. The monoisotopic (exact) mass is 352 g/mol. The number of carboxylic acids is 1. The zero-order valence-corrected chi connectivity index (χ0v) is 14.9. The minimum absolute atomic E-state index is 0.125. The largest absolute Gasteiger partial charge is 0.480 e. The number of carboxylic acid groups (broad SMARTS) is 1. The molecular formula is C20H20N2O2S. The van der Waals surface area contributed by atoms with Crippen LogP contribution in [0.2, 0.25) is 0 Å². The van der Waals surface area contributed by atoms with Crippen LogP contribution in [0.15, 0.2) is 47.8 Å². The first kappa shape index (κ1) is 16.2. The van der Waals surface area contributed by atoms with E-state index in [1.807, 2.05) is 37.3 Å². The van der Waals surface area contributed by atoms with Crippen molar-refractivity contribution in [2.45, 2.75) is 31.8 Å². The SMILES string of the molecule is Cc1cccc(C(c2csc3ccccc23)N2CCCC2C(=O)O)n1. The number of benzene rings is 1. The molecule has 5 heteroatoms. The molecule has 3 heterocycles. The lowest BCUT2D eigenvalue weighted by atomic mass is 9.99. The van der Waals surface area contributed by atoms with Crippen molar-refractivity contribution in [2.75, 3.05) is 6.54 Å². The standard InChI is InChI=1S/C20H20N2O2S/c1-13-6-4-8-16(21-13)19(22-11-5-9-17(22)20(23)24)15-12-25-18-10-3-2-7-14(15)18/h2-4,6-8,10,12,17,19H,5,9,11H2,1H3,(H,23,24). The van der Waals surface area contributed by atoms with E-state index in [9.17, 15) is 9.90 Å². The highest BCUT2D eigenvalue weighted by Crippen LogP contribution is 2.39. The molecule has 1 fully saturated rings.